The van der Waals surface area contributed by atoms with Gasteiger partial charge in [0.2, 0.25) is 5.91 Å². The fraction of sp³-hybridized carbons (Fsp3) is 0.259. The van der Waals surface area contributed by atoms with E-state index in [1.54, 1.807) is 44.2 Å². The third kappa shape index (κ3) is 5.76. The number of aromatic nitrogens is 1. The molecule has 0 atom stereocenters. The fourth-order valence-corrected chi connectivity index (χ4v) is 5.34. The molecule has 1 aliphatic heterocycles. The van der Waals surface area contributed by atoms with E-state index in [9.17, 15) is 24.0 Å². The molecule has 3 N–H and O–H groups in total. The van der Waals surface area contributed by atoms with Gasteiger partial charge < -0.3 is 20.9 Å². The van der Waals surface area contributed by atoms with E-state index < -0.39 is 5.91 Å². The summed E-state index contributed by atoms with van der Waals surface area (Å²) in [5, 5.41) is 18.1. The fourth-order valence-electron chi connectivity index (χ4n) is 4.25. The Morgan fingerprint density at radius 2 is 1.97 bits per heavy atom. The molecule has 0 spiro atoms. The van der Waals surface area contributed by atoms with Gasteiger partial charge in [0.15, 0.2) is 5.57 Å². The molecule has 0 bridgehead atoms. The van der Waals surface area contributed by atoms with E-state index in [0.29, 0.717) is 46.6 Å². The number of nitriles is 1. The van der Waals surface area contributed by atoms with Gasteiger partial charge in [0.1, 0.15) is 21.1 Å². The first kappa shape index (κ1) is 26.6. The Hall–Kier alpha value is -4.43. The quantitative estimate of drug-likeness (QED) is 0.405. The maximum Gasteiger partial charge on any atom is 0.270 e. The van der Waals surface area contributed by atoms with E-state index >= 15 is 0 Å². The maximum atomic E-state index is 13.5. The van der Waals surface area contributed by atoms with E-state index in [4.69, 9.17) is 0 Å². The van der Waals surface area contributed by atoms with Crippen LogP contribution in [-0.4, -0.2) is 36.0 Å². The van der Waals surface area contributed by atoms with Crippen LogP contribution in [0.1, 0.15) is 19.4 Å². The van der Waals surface area contributed by atoms with Crippen molar-refractivity contribution in [2.45, 2.75) is 26.8 Å². The molecule has 4 rings (SSSR count). The SMILES string of the molecule is CCNC(=O)C(C#N)=c1sc(=CNc2cccc(NC(=O)CN3CCc4cc(F)ccc43)c2)c(=O)n1CC. The van der Waals surface area contributed by atoms with Gasteiger partial charge >= 0.3 is 0 Å². The Morgan fingerprint density at radius 3 is 2.71 bits per heavy atom. The number of fused-ring (bicyclic) bond motifs is 1. The highest BCUT2D eigenvalue weighted by atomic mass is 32.1. The molecule has 3 aromatic rings. The predicted octanol–water partition coefficient (Wildman–Crippen LogP) is 1.73. The van der Waals surface area contributed by atoms with Crippen molar-refractivity contribution in [1.82, 2.24) is 9.88 Å². The lowest BCUT2D eigenvalue weighted by molar-refractivity contribution is -0.116. The molecule has 0 fully saturated rings. The average molecular weight is 535 g/mol. The van der Waals surface area contributed by atoms with Crippen molar-refractivity contribution in [3.8, 4) is 6.07 Å². The number of anilines is 3. The second kappa shape index (κ2) is 11.7. The standard InChI is InChI=1S/C27H27FN6O3S/c1-3-30-25(36)21(14-29)27-34(4-2)26(37)23(38-27)15-31-19-6-5-7-20(13-19)32-24(35)16-33-11-10-17-12-18(28)8-9-22(17)33/h5-9,12-13,15,31H,3-4,10-11,16H2,1-2H3,(H,30,36)(H,32,35). The van der Waals surface area contributed by atoms with Gasteiger partial charge in [-0.05, 0) is 62.2 Å². The van der Waals surface area contributed by atoms with E-state index in [-0.39, 0.29) is 29.4 Å². The van der Waals surface area contributed by atoms with Crippen molar-refractivity contribution in [2.75, 3.05) is 35.2 Å². The third-order valence-electron chi connectivity index (χ3n) is 6.00. The molecule has 1 aliphatic rings. The molecular weight excluding hydrogens is 507 g/mol. The lowest BCUT2D eigenvalue weighted by atomic mass is 10.2. The van der Waals surface area contributed by atoms with Crippen molar-refractivity contribution >= 4 is 52.0 Å². The number of amides is 2. The van der Waals surface area contributed by atoms with Gasteiger partial charge in [-0.3, -0.25) is 19.0 Å². The lowest BCUT2D eigenvalue weighted by Crippen LogP contribution is -2.34. The van der Waals surface area contributed by atoms with Crippen LogP contribution in [0.2, 0.25) is 0 Å². The van der Waals surface area contributed by atoms with Gasteiger partial charge in [-0.1, -0.05) is 6.07 Å². The monoisotopic (exact) mass is 534 g/mol. The molecular formula is C27H27FN6O3S. The minimum Gasteiger partial charge on any atom is -0.362 e. The zero-order valence-electron chi connectivity index (χ0n) is 21.0. The molecule has 2 aromatic carbocycles. The Morgan fingerprint density at radius 1 is 1.18 bits per heavy atom. The molecule has 2 amide bonds. The number of carbonyl (C=O) groups excluding carboxylic acids is 2. The second-order valence-corrected chi connectivity index (χ2v) is 9.56. The summed E-state index contributed by atoms with van der Waals surface area (Å²) in [5.74, 6) is -1.01. The molecule has 11 heteroatoms. The Balaban J connectivity index is 1.50. The van der Waals surface area contributed by atoms with E-state index in [1.165, 1.54) is 22.9 Å². The van der Waals surface area contributed by atoms with Gasteiger partial charge in [-0.15, -0.1) is 11.3 Å². The molecule has 196 valence electrons. The highest BCUT2D eigenvalue weighted by molar-refractivity contribution is 7.07. The number of nitrogens with one attached hydrogen (secondary N) is 3. The number of carbonyl (C=O) groups is 2. The van der Waals surface area contributed by atoms with Gasteiger partial charge in [-0.2, -0.15) is 5.26 Å². The zero-order valence-corrected chi connectivity index (χ0v) is 21.8. The Kier molecular flexibility index (Phi) is 8.23. The van der Waals surface area contributed by atoms with Crippen LogP contribution in [0, 0.1) is 17.1 Å². The van der Waals surface area contributed by atoms with Crippen molar-refractivity contribution in [3.63, 3.8) is 0 Å². The van der Waals surface area contributed by atoms with Gasteiger partial charge in [0.25, 0.3) is 11.5 Å². The van der Waals surface area contributed by atoms with Crippen LogP contribution < -0.4 is 35.6 Å². The average Bonchev–Trinajstić information content (AvgIpc) is 3.43. The molecule has 9 nitrogen and oxygen atoms in total. The minimum atomic E-state index is -0.522. The van der Waals surface area contributed by atoms with Gasteiger partial charge in [-0.25, -0.2) is 4.39 Å². The number of nitrogens with zero attached hydrogens (tertiary/aromatic N) is 3. The molecule has 0 radical (unpaired) electrons. The van der Waals surface area contributed by atoms with Crippen molar-refractivity contribution in [1.29, 1.82) is 5.26 Å². The van der Waals surface area contributed by atoms with E-state index in [1.807, 2.05) is 11.0 Å². The first-order valence-electron chi connectivity index (χ1n) is 12.2. The summed E-state index contributed by atoms with van der Waals surface area (Å²) in [4.78, 5) is 39.8. The molecule has 0 saturated heterocycles. The highest BCUT2D eigenvalue weighted by Crippen LogP contribution is 2.28. The zero-order chi connectivity index (χ0) is 27.2. The summed E-state index contributed by atoms with van der Waals surface area (Å²) in [7, 11) is 0. The number of halogens is 1. The molecule has 2 heterocycles. The number of hydrogen-bond acceptors (Lipinski definition) is 7. The molecule has 0 aliphatic carbocycles. The van der Waals surface area contributed by atoms with Crippen LogP contribution in [-0.2, 0) is 22.6 Å². The normalized spacial score (nSPS) is 13.5. The Bertz CT molecular complexity index is 1600. The first-order valence-corrected chi connectivity index (χ1v) is 13.0. The summed E-state index contributed by atoms with van der Waals surface area (Å²) in [6.45, 7) is 4.98. The van der Waals surface area contributed by atoms with Crippen LogP contribution >= 0.6 is 11.3 Å². The van der Waals surface area contributed by atoms with E-state index in [0.717, 1.165) is 22.6 Å². The second-order valence-electron chi connectivity index (χ2n) is 8.53. The number of hydrogen-bond donors (Lipinski definition) is 3. The van der Waals surface area contributed by atoms with Crippen LogP contribution in [0.25, 0.3) is 11.8 Å². The van der Waals surface area contributed by atoms with Crippen molar-refractivity contribution in [3.05, 3.63) is 73.4 Å². The van der Waals surface area contributed by atoms with Gasteiger partial charge in [0.05, 0.1) is 6.54 Å². The maximum absolute atomic E-state index is 13.5. The first-order chi connectivity index (χ1) is 18.3. The van der Waals surface area contributed by atoms with Crippen LogP contribution in [0.15, 0.2) is 47.3 Å². The van der Waals surface area contributed by atoms with Crippen LogP contribution in [0.5, 0.6) is 0 Å². The summed E-state index contributed by atoms with van der Waals surface area (Å²) in [6, 6.07) is 13.5. The molecule has 38 heavy (non-hydrogen) atoms. The minimum absolute atomic E-state index is 0.106. The summed E-state index contributed by atoms with van der Waals surface area (Å²) >= 11 is 1.06. The third-order valence-corrected chi connectivity index (χ3v) is 7.13. The summed E-state index contributed by atoms with van der Waals surface area (Å²) < 4.78 is 15.5. The van der Waals surface area contributed by atoms with Crippen molar-refractivity contribution < 1.29 is 14.0 Å². The largest absolute Gasteiger partial charge is 0.362 e. The predicted molar refractivity (Wildman–Crippen MR) is 147 cm³/mol. The molecule has 0 saturated carbocycles. The Labute approximate surface area is 222 Å². The van der Waals surface area contributed by atoms with Crippen LogP contribution in [0.3, 0.4) is 0 Å². The highest BCUT2D eigenvalue weighted by Gasteiger charge is 2.21. The number of benzene rings is 2. The molecule has 0 unspecified atom stereocenters. The van der Waals surface area contributed by atoms with Gasteiger partial charge in [0, 0.05) is 42.9 Å². The smallest absolute Gasteiger partial charge is 0.270 e. The lowest BCUT2D eigenvalue weighted by Gasteiger charge is -2.19. The van der Waals surface area contributed by atoms with E-state index in [2.05, 4.69) is 16.0 Å². The number of rotatable bonds is 8. The number of thiazole rings is 1. The van der Waals surface area contributed by atoms with Crippen LogP contribution in [0.4, 0.5) is 21.5 Å². The topological polar surface area (TPSA) is 119 Å². The summed E-state index contributed by atoms with van der Waals surface area (Å²) in [5.41, 5.74) is 2.54. The summed E-state index contributed by atoms with van der Waals surface area (Å²) in [6.07, 6.45) is 2.22. The van der Waals surface area contributed by atoms with Crippen molar-refractivity contribution in [2.24, 2.45) is 0 Å². The molecule has 1 aromatic heterocycles.